The van der Waals surface area contributed by atoms with Gasteiger partial charge in [-0.1, -0.05) is 37.0 Å². The van der Waals surface area contributed by atoms with E-state index in [0.29, 0.717) is 54.1 Å². The molecule has 0 N–H and O–H groups in total. The van der Waals surface area contributed by atoms with Gasteiger partial charge >= 0.3 is 0 Å². The summed E-state index contributed by atoms with van der Waals surface area (Å²) in [4.78, 5) is 28.4. The normalized spacial score (nSPS) is 15.7. The number of hydrogen-bond donors (Lipinski definition) is 0. The minimum Gasteiger partial charge on any atom is -0.341 e. The fourth-order valence-corrected chi connectivity index (χ4v) is 3.17. The van der Waals surface area contributed by atoms with Crippen LogP contribution in [0.2, 0.25) is 10.0 Å². The van der Waals surface area contributed by atoms with E-state index in [1.807, 2.05) is 18.7 Å². The molecule has 1 saturated heterocycles. The van der Waals surface area contributed by atoms with Crippen molar-refractivity contribution in [2.45, 2.75) is 26.7 Å². The Morgan fingerprint density at radius 1 is 1.09 bits per heavy atom. The molecule has 1 aromatic carbocycles. The zero-order chi connectivity index (χ0) is 17.0. The van der Waals surface area contributed by atoms with Crippen molar-refractivity contribution < 1.29 is 9.59 Å². The lowest BCUT2D eigenvalue weighted by molar-refractivity contribution is -0.131. The van der Waals surface area contributed by atoms with Crippen LogP contribution in [0, 0.1) is 5.92 Å². The van der Waals surface area contributed by atoms with Crippen LogP contribution in [0.5, 0.6) is 0 Å². The van der Waals surface area contributed by atoms with Gasteiger partial charge in [-0.25, -0.2) is 0 Å². The summed E-state index contributed by atoms with van der Waals surface area (Å²) in [7, 11) is 0. The van der Waals surface area contributed by atoms with Crippen molar-refractivity contribution in [3.05, 3.63) is 33.8 Å². The summed E-state index contributed by atoms with van der Waals surface area (Å²) in [5.74, 6) is 0.403. The van der Waals surface area contributed by atoms with Gasteiger partial charge in [0.25, 0.3) is 5.91 Å². The van der Waals surface area contributed by atoms with Crippen LogP contribution in [0.25, 0.3) is 0 Å². The summed E-state index contributed by atoms with van der Waals surface area (Å²) >= 11 is 12.0. The SMILES string of the molecule is CC(C)CC(=O)N1CCCN(C(=O)c2ccc(Cl)cc2Cl)CC1. The molecule has 126 valence electrons. The van der Waals surface area contributed by atoms with E-state index in [9.17, 15) is 9.59 Å². The number of carbonyl (C=O) groups is 2. The van der Waals surface area contributed by atoms with Crippen molar-refractivity contribution in [3.8, 4) is 0 Å². The van der Waals surface area contributed by atoms with Gasteiger partial charge in [-0.2, -0.15) is 0 Å². The van der Waals surface area contributed by atoms with Crippen LogP contribution >= 0.6 is 23.2 Å². The fourth-order valence-electron chi connectivity index (χ4n) is 2.68. The van der Waals surface area contributed by atoms with Crippen molar-refractivity contribution in [2.75, 3.05) is 26.2 Å². The van der Waals surface area contributed by atoms with Crippen LogP contribution in [0.1, 0.15) is 37.0 Å². The van der Waals surface area contributed by atoms with Crippen molar-refractivity contribution >= 4 is 35.0 Å². The zero-order valence-electron chi connectivity index (χ0n) is 13.5. The van der Waals surface area contributed by atoms with Gasteiger partial charge in [0.05, 0.1) is 10.6 Å². The van der Waals surface area contributed by atoms with Gasteiger partial charge in [0.15, 0.2) is 0 Å². The van der Waals surface area contributed by atoms with E-state index in [1.165, 1.54) is 0 Å². The number of nitrogens with zero attached hydrogens (tertiary/aromatic N) is 2. The van der Waals surface area contributed by atoms with Gasteiger partial charge in [0.1, 0.15) is 0 Å². The van der Waals surface area contributed by atoms with Crippen molar-refractivity contribution in [3.63, 3.8) is 0 Å². The van der Waals surface area contributed by atoms with Gasteiger partial charge in [-0.15, -0.1) is 0 Å². The second-order valence-corrected chi connectivity index (χ2v) is 7.09. The van der Waals surface area contributed by atoms with Crippen LogP contribution in [0.3, 0.4) is 0 Å². The molecule has 1 fully saturated rings. The third-order valence-electron chi connectivity index (χ3n) is 3.88. The lowest BCUT2D eigenvalue weighted by Gasteiger charge is -2.23. The minimum absolute atomic E-state index is 0.107. The van der Waals surface area contributed by atoms with Crippen LogP contribution in [0.15, 0.2) is 18.2 Å². The molecule has 0 spiro atoms. The average molecular weight is 357 g/mol. The highest BCUT2D eigenvalue weighted by molar-refractivity contribution is 6.36. The summed E-state index contributed by atoms with van der Waals surface area (Å²) in [6, 6.07) is 4.89. The third kappa shape index (κ3) is 4.85. The van der Waals surface area contributed by atoms with Crippen molar-refractivity contribution in [1.29, 1.82) is 0 Å². The zero-order valence-corrected chi connectivity index (χ0v) is 15.0. The lowest BCUT2D eigenvalue weighted by atomic mass is 10.1. The minimum atomic E-state index is -0.107. The molecule has 23 heavy (non-hydrogen) atoms. The van der Waals surface area contributed by atoms with Gasteiger partial charge in [0, 0.05) is 37.6 Å². The third-order valence-corrected chi connectivity index (χ3v) is 4.43. The first kappa shape index (κ1) is 18.1. The largest absolute Gasteiger partial charge is 0.341 e. The van der Waals surface area contributed by atoms with Gasteiger partial charge in [-0.3, -0.25) is 9.59 Å². The molecule has 1 aromatic rings. The molecule has 4 nitrogen and oxygen atoms in total. The number of carbonyl (C=O) groups excluding carboxylic acids is 2. The van der Waals surface area contributed by atoms with E-state index in [1.54, 1.807) is 23.1 Å². The predicted octanol–water partition coefficient (Wildman–Crippen LogP) is 3.71. The highest BCUT2D eigenvalue weighted by Crippen LogP contribution is 2.23. The number of halogens is 2. The van der Waals surface area contributed by atoms with Gasteiger partial charge < -0.3 is 9.80 Å². The topological polar surface area (TPSA) is 40.6 Å². The van der Waals surface area contributed by atoms with Gasteiger partial charge in [0.2, 0.25) is 5.91 Å². The fraction of sp³-hybridized carbons (Fsp3) is 0.529. The van der Waals surface area contributed by atoms with Crippen LogP contribution in [-0.2, 0) is 4.79 Å². The molecule has 2 amide bonds. The molecule has 0 unspecified atom stereocenters. The summed E-state index contributed by atoms with van der Waals surface area (Å²) in [6.45, 7) is 6.50. The van der Waals surface area contributed by atoms with Crippen LogP contribution < -0.4 is 0 Å². The Balaban J connectivity index is 2.02. The van der Waals surface area contributed by atoms with E-state index < -0.39 is 0 Å². The first-order valence-electron chi connectivity index (χ1n) is 7.90. The summed E-state index contributed by atoms with van der Waals surface area (Å²) in [5, 5.41) is 0.868. The molecule has 0 radical (unpaired) electrons. The molecule has 2 rings (SSSR count). The second kappa shape index (κ2) is 8.02. The molecule has 0 bridgehead atoms. The summed E-state index contributed by atoms with van der Waals surface area (Å²) in [6.07, 6.45) is 1.33. The Morgan fingerprint density at radius 3 is 2.39 bits per heavy atom. The maximum absolute atomic E-state index is 12.6. The Bertz CT molecular complexity index is 590. The molecule has 1 aliphatic rings. The summed E-state index contributed by atoms with van der Waals surface area (Å²) < 4.78 is 0. The Hall–Kier alpha value is -1.26. The highest BCUT2D eigenvalue weighted by Gasteiger charge is 2.24. The quantitative estimate of drug-likeness (QED) is 0.827. The summed E-state index contributed by atoms with van der Waals surface area (Å²) in [5.41, 5.74) is 0.457. The first-order valence-corrected chi connectivity index (χ1v) is 8.66. The average Bonchev–Trinajstić information content (AvgIpc) is 2.71. The highest BCUT2D eigenvalue weighted by atomic mass is 35.5. The molecule has 0 atom stereocenters. The number of benzene rings is 1. The van der Waals surface area contributed by atoms with Crippen molar-refractivity contribution in [1.82, 2.24) is 9.80 Å². The molecule has 0 aliphatic carbocycles. The van der Waals surface area contributed by atoms with Crippen molar-refractivity contribution in [2.24, 2.45) is 5.92 Å². The maximum atomic E-state index is 12.6. The van der Waals surface area contributed by atoms with E-state index in [2.05, 4.69) is 0 Å². The molecule has 1 heterocycles. The van der Waals surface area contributed by atoms with Gasteiger partial charge in [-0.05, 0) is 30.5 Å². The molecule has 0 aromatic heterocycles. The van der Waals surface area contributed by atoms with Crippen LogP contribution in [0.4, 0.5) is 0 Å². The number of rotatable bonds is 3. The predicted molar refractivity (Wildman–Crippen MR) is 93.0 cm³/mol. The smallest absolute Gasteiger partial charge is 0.255 e. The molecule has 0 saturated carbocycles. The molecule has 6 heteroatoms. The van der Waals surface area contributed by atoms with Crippen LogP contribution in [-0.4, -0.2) is 47.8 Å². The first-order chi connectivity index (χ1) is 10.9. The van der Waals surface area contributed by atoms with E-state index in [4.69, 9.17) is 23.2 Å². The molecular formula is C17H22Cl2N2O2. The lowest BCUT2D eigenvalue weighted by Crippen LogP contribution is -2.37. The Kier molecular flexibility index (Phi) is 6.31. The molecular weight excluding hydrogens is 335 g/mol. The second-order valence-electron chi connectivity index (χ2n) is 6.25. The van der Waals surface area contributed by atoms with E-state index in [-0.39, 0.29) is 11.8 Å². The Labute approximate surface area is 147 Å². The molecule has 1 aliphatic heterocycles. The standard InChI is InChI=1S/C17H22Cl2N2O2/c1-12(2)10-16(22)20-6-3-7-21(9-8-20)17(23)14-5-4-13(18)11-15(14)19/h4-5,11-12H,3,6-10H2,1-2H3. The number of amides is 2. The maximum Gasteiger partial charge on any atom is 0.255 e. The number of hydrogen-bond acceptors (Lipinski definition) is 2. The Morgan fingerprint density at radius 2 is 1.74 bits per heavy atom. The van der Waals surface area contributed by atoms with E-state index >= 15 is 0 Å². The monoisotopic (exact) mass is 356 g/mol. The van der Waals surface area contributed by atoms with E-state index in [0.717, 1.165) is 6.42 Å².